The summed E-state index contributed by atoms with van der Waals surface area (Å²) in [6, 6.07) is -7.25. The van der Waals surface area contributed by atoms with E-state index in [1.54, 1.807) is 44.3 Å². The summed E-state index contributed by atoms with van der Waals surface area (Å²) in [5, 5.41) is 111. The number of carbonyl (C=O) groups is 15. The number of phenols is 1. The first-order valence-electron chi connectivity index (χ1n) is 33.4. The number of aliphatic hydroxyl groups excluding tert-OH is 6. The van der Waals surface area contributed by atoms with E-state index in [4.69, 9.17) is 27.4 Å². The van der Waals surface area contributed by atoms with Crippen LogP contribution in [0.2, 0.25) is 0 Å². The third-order valence-electron chi connectivity index (χ3n) is 15.7. The van der Waals surface area contributed by atoms with E-state index in [1.165, 1.54) is 38.1 Å². The number of rotatable bonds is 46. The monoisotopic (exact) mass is 1530 g/mol. The van der Waals surface area contributed by atoms with Crippen LogP contribution in [0.25, 0.3) is 10.9 Å². The number of H-pyrrole nitrogens is 1. The molecule has 0 aliphatic carbocycles. The lowest BCUT2D eigenvalue weighted by Crippen LogP contribution is -2.62. The molecule has 1 aromatic heterocycles. The second kappa shape index (κ2) is 45.5. The Morgan fingerprint density at radius 1 is 0.486 bits per heavy atom. The number of para-hydroxylation sites is 1. The Hall–Kier alpha value is -10.8. The molecule has 0 radical (unpaired) electrons. The highest BCUT2D eigenvalue weighted by Gasteiger charge is 2.37. The Morgan fingerprint density at radius 2 is 0.925 bits per heavy atom. The first-order valence-corrected chi connectivity index (χ1v) is 34.0. The molecule has 107 heavy (non-hydrogen) atoms. The third-order valence-corrected chi connectivity index (χ3v) is 16.0. The highest BCUT2D eigenvalue weighted by molar-refractivity contribution is 7.80. The molecule has 592 valence electrons. The van der Waals surface area contributed by atoms with Crippen molar-refractivity contribution in [3.05, 3.63) is 65.9 Å². The molecule has 29 N–H and O–H groups in total. The summed E-state index contributed by atoms with van der Waals surface area (Å²) in [6.45, 7) is 0.169. The highest BCUT2D eigenvalue weighted by Crippen LogP contribution is 2.20. The van der Waals surface area contributed by atoms with Crippen molar-refractivity contribution in [3.8, 4) is 5.75 Å². The number of aliphatic carboxylic acids is 1. The van der Waals surface area contributed by atoms with Gasteiger partial charge >= 0.3 is 5.97 Å². The molecule has 0 aliphatic heterocycles. The lowest BCUT2D eigenvalue weighted by molar-refractivity contribution is -0.143. The van der Waals surface area contributed by atoms with Crippen LogP contribution in [0, 0.1) is 5.92 Å². The molecule has 14 atom stereocenters. The Balaban J connectivity index is 1.79. The second-order valence-corrected chi connectivity index (χ2v) is 25.2. The molecular formula is C64H97N19O23S. The number of aromatic amines is 1. The van der Waals surface area contributed by atoms with Gasteiger partial charge in [-0.05, 0) is 75.3 Å². The van der Waals surface area contributed by atoms with Crippen LogP contribution in [-0.2, 0) is 84.8 Å². The normalized spacial score (nSPS) is 15.0. The Kier molecular flexibility index (Phi) is 38.4. The molecule has 14 amide bonds. The molecule has 0 saturated carbocycles. The van der Waals surface area contributed by atoms with Gasteiger partial charge in [0.05, 0.1) is 58.3 Å². The fourth-order valence-corrected chi connectivity index (χ4v) is 10.0. The number of nitrogens with zero attached hydrogens (tertiary/aromatic N) is 1. The number of fused-ring (bicyclic) bond motifs is 1. The van der Waals surface area contributed by atoms with Gasteiger partial charge in [0.1, 0.15) is 78.3 Å². The molecule has 0 bridgehead atoms. The molecule has 0 fully saturated rings. The number of aromatic hydroxyl groups is 1. The molecule has 43 heteroatoms. The van der Waals surface area contributed by atoms with E-state index in [-0.39, 0.29) is 56.3 Å². The molecule has 3 rings (SSSR count). The molecule has 0 spiro atoms. The Labute approximate surface area is 617 Å². The van der Waals surface area contributed by atoms with E-state index in [0.717, 1.165) is 6.92 Å². The Bertz CT molecular complexity index is 3600. The van der Waals surface area contributed by atoms with Crippen molar-refractivity contribution >= 4 is 118 Å². The summed E-state index contributed by atoms with van der Waals surface area (Å²) in [7, 11) is 0. The number of carbonyl (C=O) groups excluding carboxylic acids is 14. The number of amides is 14. The highest BCUT2D eigenvalue weighted by atomic mass is 32.1. The summed E-state index contributed by atoms with van der Waals surface area (Å²) in [4.78, 5) is 206. The number of hydrogen-bond donors (Lipinski definition) is 27. The van der Waals surface area contributed by atoms with Crippen molar-refractivity contribution in [1.29, 1.82) is 0 Å². The molecule has 0 aliphatic rings. The van der Waals surface area contributed by atoms with Crippen LogP contribution in [0.4, 0.5) is 0 Å². The van der Waals surface area contributed by atoms with Crippen LogP contribution in [-0.4, -0.2) is 284 Å². The minimum absolute atomic E-state index is 0.00875. The van der Waals surface area contributed by atoms with Crippen molar-refractivity contribution in [3.63, 3.8) is 0 Å². The summed E-state index contributed by atoms with van der Waals surface area (Å²) in [5.41, 5.74) is 18.0. The summed E-state index contributed by atoms with van der Waals surface area (Å²) >= 11 is 4.15. The van der Waals surface area contributed by atoms with Crippen LogP contribution >= 0.6 is 12.6 Å². The predicted octanol–water partition coefficient (Wildman–Crippen LogP) is -11.5. The van der Waals surface area contributed by atoms with Crippen LogP contribution in [0.1, 0.15) is 65.0 Å². The van der Waals surface area contributed by atoms with Gasteiger partial charge in [-0.1, -0.05) is 44.2 Å². The minimum atomic E-state index is -1.86. The van der Waals surface area contributed by atoms with Gasteiger partial charge in [0.25, 0.3) is 0 Å². The zero-order valence-electron chi connectivity index (χ0n) is 59.1. The minimum Gasteiger partial charge on any atom is -0.508 e. The van der Waals surface area contributed by atoms with Gasteiger partial charge < -0.3 is 137 Å². The number of hydrogen-bond acceptors (Lipinski definition) is 25. The molecule has 42 nitrogen and oxygen atoms in total. The van der Waals surface area contributed by atoms with E-state index in [2.05, 4.69) is 86.4 Å². The van der Waals surface area contributed by atoms with E-state index in [1.807, 2.05) is 10.6 Å². The van der Waals surface area contributed by atoms with Gasteiger partial charge in [-0.15, -0.1) is 0 Å². The number of phenolic OH excluding ortho intramolecular Hbond substituents is 1. The smallest absolute Gasteiger partial charge is 0.328 e. The molecule has 3 aromatic rings. The zero-order chi connectivity index (χ0) is 80.4. The SMILES string of the molecule is CC(C)C[C@H](NC(=O)[C@H](CO)NC(=O)[C@H](Cc1c[nH]c2ccccc12)NC(=O)[C@H](Cc1ccc(O)cc1)NC(=O)[C@H](C)NC(=O)[C@@H](NC(=O)[C@H](CCCN=C(N)N)NC(=O)[C@@H](N)[C@@H](C)O)[C@@H](C)O)C(=O)N[C@@H](CS)C(=O)NCC(=O)N[C@@H](CO)C(=O)NCC(=O)N[C@@H](CO)C(=O)NCC(=O)N[C@@H](CO)C(=O)O. The van der Waals surface area contributed by atoms with Crippen molar-refractivity contribution in [2.24, 2.45) is 28.1 Å². The maximum absolute atomic E-state index is 14.7. The molecule has 0 saturated heterocycles. The quantitative estimate of drug-likeness (QED) is 0.0108. The third kappa shape index (κ3) is 31.0. The number of carboxylic acid groups (broad SMARTS) is 1. The predicted molar refractivity (Wildman–Crippen MR) is 380 cm³/mol. The van der Waals surface area contributed by atoms with Gasteiger partial charge in [-0.3, -0.25) is 72.1 Å². The zero-order valence-corrected chi connectivity index (χ0v) is 60.0. The second-order valence-electron chi connectivity index (χ2n) is 24.9. The summed E-state index contributed by atoms with van der Waals surface area (Å²) < 4.78 is 0. The maximum Gasteiger partial charge on any atom is 0.328 e. The van der Waals surface area contributed by atoms with E-state index >= 15 is 0 Å². The van der Waals surface area contributed by atoms with Crippen molar-refractivity contribution in [2.45, 2.75) is 151 Å². The number of nitrogens with one attached hydrogen (secondary N) is 15. The average molecular weight is 1530 g/mol. The van der Waals surface area contributed by atoms with E-state index in [0.29, 0.717) is 22.0 Å². The van der Waals surface area contributed by atoms with Gasteiger partial charge in [-0.25, -0.2) is 4.79 Å². The number of benzene rings is 2. The molecule has 2 aromatic carbocycles. The fourth-order valence-electron chi connectivity index (χ4n) is 9.75. The number of guanidine groups is 1. The van der Waals surface area contributed by atoms with Crippen LogP contribution in [0.3, 0.4) is 0 Å². The van der Waals surface area contributed by atoms with Crippen molar-refractivity contribution in [1.82, 2.24) is 79.4 Å². The first kappa shape index (κ1) is 90.4. The molecule has 0 unspecified atom stereocenters. The van der Waals surface area contributed by atoms with Crippen LogP contribution < -0.4 is 91.6 Å². The maximum atomic E-state index is 14.7. The van der Waals surface area contributed by atoms with Gasteiger partial charge in [0.15, 0.2) is 5.96 Å². The average Bonchev–Trinajstić information content (AvgIpc) is 1.73. The van der Waals surface area contributed by atoms with Crippen molar-refractivity contribution < 1.29 is 113 Å². The first-order chi connectivity index (χ1) is 50.5. The van der Waals surface area contributed by atoms with E-state index < -0.39 is 225 Å². The van der Waals surface area contributed by atoms with Crippen LogP contribution in [0.5, 0.6) is 5.75 Å². The lowest BCUT2D eigenvalue weighted by Gasteiger charge is -2.28. The molecular weight excluding hydrogens is 1430 g/mol. The van der Waals surface area contributed by atoms with Gasteiger partial charge in [-0.2, -0.15) is 12.6 Å². The van der Waals surface area contributed by atoms with Crippen molar-refractivity contribution in [2.75, 3.05) is 58.4 Å². The van der Waals surface area contributed by atoms with E-state index in [9.17, 15) is 103 Å². The van der Waals surface area contributed by atoms with Gasteiger partial charge in [0.2, 0.25) is 82.7 Å². The number of nitrogens with two attached hydrogens (primary N) is 3. The molecule has 1 heterocycles. The lowest BCUT2D eigenvalue weighted by atomic mass is 10.0. The number of aliphatic hydroxyl groups is 6. The number of aliphatic imine (C=N–C) groups is 1. The van der Waals surface area contributed by atoms with Gasteiger partial charge in [0, 0.05) is 42.2 Å². The summed E-state index contributed by atoms with van der Waals surface area (Å²) in [6.07, 6.45) is -2.24. The fraction of sp³-hybridized carbons (Fsp3) is 0.531. The largest absolute Gasteiger partial charge is 0.508 e. The summed E-state index contributed by atoms with van der Waals surface area (Å²) in [5.74, 6) is -17.6. The number of aromatic nitrogens is 1. The van der Waals surface area contributed by atoms with Crippen LogP contribution in [0.15, 0.2) is 59.7 Å². The topological polar surface area (TPSA) is 693 Å². The number of carboxylic acids is 1. The Morgan fingerprint density at radius 3 is 1.42 bits per heavy atom. The number of thiol groups is 1. The standard InChI is InChI=1S/C64H97N19O23S/c1-29(2)17-39(57(99)82-46(28-107)55(97)72-22-48(92)75-42(24-84)53(95)70-21-47(91)74-43(25-85)54(96)71-23-49(93)76-45(27-87)63(105)106)79-60(102)44(26-86)81-59(101)41(19-34-20-69-37-10-7-6-9-36(34)37)80-58(100)40(18-33-12-14-35(90)15-13-33)78-52(94)30(3)73-62(104)51(32(5)89)83-56(98)38(11-8-16-68-64(66)67)77-61(103)50(65)31(4)88/h6-7,9-10,12-15,20,29-32,38-46,50-51,69,84-90,107H,8,11,16-19,21-28,65H2,1-5H3,(H,70,95)(H,71,96)(H,72,97)(H,73,104)(H,74,91)(H,75,92)(H,76,93)(H,77,103)(H,78,94)(H,79,102)(H,80,100)(H,81,101)(H,82,99)(H,83,98)(H,105,106)(H4,66,67,68)/t30-,31+,32+,38-,39-,40-,41-,42-,43-,44-,45-,46-,50-,51-/m0/s1.